The fourth-order valence-electron chi connectivity index (χ4n) is 4.82. The van der Waals surface area contributed by atoms with E-state index in [1.165, 1.54) is 30.1 Å². The molecule has 0 aliphatic carbocycles. The highest BCUT2D eigenvalue weighted by molar-refractivity contribution is 7.07. The van der Waals surface area contributed by atoms with Crippen LogP contribution in [0.4, 0.5) is 5.69 Å². The summed E-state index contributed by atoms with van der Waals surface area (Å²) >= 11 is 1.21. The second-order valence-electron chi connectivity index (χ2n) is 9.37. The maximum absolute atomic E-state index is 14.1. The Kier molecular flexibility index (Phi) is 8.59. The van der Waals surface area contributed by atoms with Crippen LogP contribution in [0, 0.1) is 11.3 Å². The number of benzene rings is 3. The minimum absolute atomic E-state index is 0.122. The molecule has 1 atom stereocenters. The lowest BCUT2D eigenvalue weighted by molar-refractivity contribution is -0.113. The number of fused-ring (bicyclic) bond motifs is 1. The molecule has 0 spiro atoms. The molecule has 4 aromatic rings. The van der Waals surface area contributed by atoms with Crippen molar-refractivity contribution in [2.24, 2.45) is 4.99 Å². The van der Waals surface area contributed by atoms with Gasteiger partial charge in [0.25, 0.3) is 11.5 Å². The molecule has 0 saturated carbocycles. The largest absolute Gasteiger partial charge is 0.497 e. The highest BCUT2D eigenvalue weighted by Gasteiger charge is 2.34. The van der Waals surface area contributed by atoms with Crippen molar-refractivity contribution in [1.29, 1.82) is 5.26 Å². The number of anilines is 1. The molecule has 218 valence electrons. The monoisotopic (exact) mass is 596 g/mol. The molecule has 5 rings (SSSR count). The van der Waals surface area contributed by atoms with Crippen LogP contribution < -0.4 is 39.2 Å². The van der Waals surface area contributed by atoms with Gasteiger partial charge in [-0.05, 0) is 55.0 Å². The lowest BCUT2D eigenvalue weighted by Crippen LogP contribution is -2.40. The van der Waals surface area contributed by atoms with Crippen molar-refractivity contribution in [3.63, 3.8) is 0 Å². The smallest absolute Gasteiger partial charge is 0.271 e. The maximum Gasteiger partial charge on any atom is 0.271 e. The van der Waals surface area contributed by atoms with Gasteiger partial charge in [0.05, 0.1) is 37.1 Å². The number of hydrogen-bond acceptors (Lipinski definition) is 9. The summed E-state index contributed by atoms with van der Waals surface area (Å²) < 4.78 is 23.9. The van der Waals surface area contributed by atoms with Crippen LogP contribution in [-0.2, 0) is 4.79 Å². The Hall–Kier alpha value is -5.34. The second-order valence-corrected chi connectivity index (χ2v) is 10.4. The minimum atomic E-state index is -0.834. The van der Waals surface area contributed by atoms with Gasteiger partial charge in [-0.2, -0.15) is 5.26 Å². The van der Waals surface area contributed by atoms with Crippen LogP contribution in [0.1, 0.15) is 24.1 Å². The van der Waals surface area contributed by atoms with Gasteiger partial charge < -0.3 is 24.3 Å². The Labute approximate surface area is 251 Å². The molecular weight excluding hydrogens is 568 g/mol. The molecule has 43 heavy (non-hydrogen) atoms. The quantitative estimate of drug-likeness (QED) is 0.312. The van der Waals surface area contributed by atoms with Crippen LogP contribution in [0.5, 0.6) is 23.0 Å². The minimum Gasteiger partial charge on any atom is -0.497 e. The lowest BCUT2D eigenvalue weighted by Gasteiger charge is -2.26. The van der Waals surface area contributed by atoms with Crippen molar-refractivity contribution in [1.82, 2.24) is 4.57 Å². The first-order valence-corrected chi connectivity index (χ1v) is 14.0. The van der Waals surface area contributed by atoms with Gasteiger partial charge in [0, 0.05) is 17.3 Å². The highest BCUT2D eigenvalue weighted by atomic mass is 32.1. The third kappa shape index (κ3) is 5.86. The maximum atomic E-state index is 14.1. The summed E-state index contributed by atoms with van der Waals surface area (Å²) in [5, 5.41) is 11.8. The van der Waals surface area contributed by atoms with Gasteiger partial charge in [-0.15, -0.1) is 0 Å². The molecule has 10 nitrogen and oxygen atoms in total. The molecule has 0 saturated heterocycles. The average molecular weight is 597 g/mol. The SMILES string of the molecule is COc1ccc([C@H]2C(C(=O)Nc3ccccc3)=C(C)N=c3s/c(=C\c4ccc(OCC#N)c(OC)c4)c(=O)n32)c(OC)c1. The molecule has 11 heteroatoms. The molecule has 1 aliphatic heterocycles. The predicted molar refractivity (Wildman–Crippen MR) is 162 cm³/mol. The second kappa shape index (κ2) is 12.7. The fourth-order valence-corrected chi connectivity index (χ4v) is 5.87. The zero-order valence-electron chi connectivity index (χ0n) is 23.9. The van der Waals surface area contributed by atoms with Crippen LogP contribution >= 0.6 is 11.3 Å². The highest BCUT2D eigenvalue weighted by Crippen LogP contribution is 2.37. The Morgan fingerprint density at radius 3 is 2.49 bits per heavy atom. The number of aromatic nitrogens is 1. The predicted octanol–water partition coefficient (Wildman–Crippen LogP) is 3.80. The first-order valence-electron chi connectivity index (χ1n) is 13.2. The third-order valence-electron chi connectivity index (χ3n) is 6.81. The molecule has 1 aliphatic rings. The number of ether oxygens (including phenoxy) is 4. The van der Waals surface area contributed by atoms with Crippen LogP contribution in [0.3, 0.4) is 0 Å². The number of nitrogens with zero attached hydrogens (tertiary/aromatic N) is 3. The summed E-state index contributed by atoms with van der Waals surface area (Å²) in [6.07, 6.45) is 1.73. The molecule has 3 aromatic carbocycles. The third-order valence-corrected chi connectivity index (χ3v) is 7.79. The summed E-state index contributed by atoms with van der Waals surface area (Å²) in [4.78, 5) is 33.0. The van der Waals surface area contributed by atoms with Gasteiger partial charge in [-0.1, -0.05) is 35.6 Å². The molecule has 0 unspecified atom stereocenters. The molecular formula is C32H28N4O6S. The number of nitriles is 1. The molecule has 1 N–H and O–H groups in total. The van der Waals surface area contributed by atoms with Gasteiger partial charge in [-0.3, -0.25) is 14.2 Å². The van der Waals surface area contributed by atoms with Crippen LogP contribution in [0.15, 0.2) is 87.8 Å². The fraction of sp³-hybridized carbons (Fsp3) is 0.188. The van der Waals surface area contributed by atoms with E-state index in [2.05, 4.69) is 5.32 Å². The zero-order valence-corrected chi connectivity index (χ0v) is 24.7. The summed E-state index contributed by atoms with van der Waals surface area (Å²) in [5.41, 5.74) is 2.36. The molecule has 0 radical (unpaired) electrons. The summed E-state index contributed by atoms with van der Waals surface area (Å²) in [6.45, 7) is 1.63. The van der Waals surface area contributed by atoms with Gasteiger partial charge in [0.1, 0.15) is 23.6 Å². The van der Waals surface area contributed by atoms with Crippen molar-refractivity contribution in [3.8, 4) is 29.1 Å². The average Bonchev–Trinajstić information content (AvgIpc) is 3.33. The Morgan fingerprint density at radius 1 is 1.02 bits per heavy atom. The topological polar surface area (TPSA) is 124 Å². The summed E-state index contributed by atoms with van der Waals surface area (Å²) in [6, 6.07) is 20.6. The van der Waals surface area contributed by atoms with Gasteiger partial charge in [-0.25, -0.2) is 4.99 Å². The van der Waals surface area contributed by atoms with Crippen molar-refractivity contribution in [2.45, 2.75) is 13.0 Å². The Morgan fingerprint density at radius 2 is 1.79 bits per heavy atom. The number of nitrogens with one attached hydrogen (secondary N) is 1. The first-order chi connectivity index (χ1) is 20.9. The van der Waals surface area contributed by atoms with Gasteiger partial charge in [0.15, 0.2) is 22.9 Å². The number of methoxy groups -OCH3 is 3. The number of thiazole rings is 1. The van der Waals surface area contributed by atoms with Crippen LogP contribution in [-0.4, -0.2) is 38.4 Å². The van der Waals surface area contributed by atoms with E-state index in [0.717, 1.165) is 0 Å². The molecule has 0 bridgehead atoms. The van der Waals surface area contributed by atoms with Crippen molar-refractivity contribution < 1.29 is 23.7 Å². The number of hydrogen-bond donors (Lipinski definition) is 1. The molecule has 2 heterocycles. The van der Waals surface area contributed by atoms with E-state index in [1.54, 1.807) is 68.6 Å². The Bertz CT molecular complexity index is 1940. The number of rotatable bonds is 9. The standard InChI is InChI=1S/C32H28N4O6S/c1-19-28(30(37)35-21-8-6-5-7-9-21)29(23-12-11-22(39-2)18-25(23)40-3)36-31(38)27(43-32(36)34-19)17-20-10-13-24(42-15-14-33)26(16-20)41-4/h5-13,16-18,29H,15H2,1-4H3,(H,35,37)/b27-17-/t29-/m0/s1. The number of allylic oxidation sites excluding steroid dienone is 1. The van der Waals surface area contributed by atoms with Crippen LogP contribution in [0.25, 0.3) is 6.08 Å². The number of para-hydroxylation sites is 1. The normalized spacial score (nSPS) is 14.3. The van der Waals surface area contributed by atoms with E-state index in [-0.39, 0.29) is 18.1 Å². The summed E-state index contributed by atoms with van der Waals surface area (Å²) in [7, 11) is 4.58. The van der Waals surface area contributed by atoms with Crippen molar-refractivity contribution in [3.05, 3.63) is 109 Å². The lowest BCUT2D eigenvalue weighted by atomic mass is 9.94. The Balaban J connectivity index is 1.67. The van der Waals surface area contributed by atoms with Crippen molar-refractivity contribution in [2.75, 3.05) is 33.3 Å². The molecule has 1 amide bonds. The number of carbonyl (C=O) groups is 1. The van der Waals surface area contributed by atoms with E-state index in [4.69, 9.17) is 29.2 Å². The van der Waals surface area contributed by atoms with E-state index >= 15 is 0 Å². The van der Waals surface area contributed by atoms with E-state index in [9.17, 15) is 9.59 Å². The molecule has 1 aromatic heterocycles. The van der Waals surface area contributed by atoms with Crippen molar-refractivity contribution >= 4 is 29.0 Å². The zero-order chi connectivity index (χ0) is 30.5. The molecule has 0 fully saturated rings. The number of carbonyl (C=O) groups excluding carboxylic acids is 1. The number of amides is 1. The van der Waals surface area contributed by atoms with Gasteiger partial charge >= 0.3 is 0 Å². The van der Waals surface area contributed by atoms with Gasteiger partial charge in [0.2, 0.25) is 0 Å². The van der Waals surface area contributed by atoms with E-state index < -0.39 is 6.04 Å². The summed E-state index contributed by atoms with van der Waals surface area (Å²) in [5.74, 6) is 1.48. The van der Waals surface area contributed by atoms with E-state index in [0.29, 0.717) is 60.4 Å². The first kappa shape index (κ1) is 29.2. The van der Waals surface area contributed by atoms with Crippen LogP contribution in [0.2, 0.25) is 0 Å². The van der Waals surface area contributed by atoms with E-state index in [1.807, 2.05) is 24.3 Å².